The maximum Gasteiger partial charge on any atom is 0.0656 e. The Kier molecular flexibility index (Phi) is 7.49. The molecule has 1 fully saturated rings. The summed E-state index contributed by atoms with van der Waals surface area (Å²) < 4.78 is 11.6. The highest BCUT2D eigenvalue weighted by molar-refractivity contribution is 5.02. The fraction of sp³-hybridized carbons (Fsp3) is 1.00. The Morgan fingerprint density at radius 2 is 1.80 bits per heavy atom. The molecule has 120 valence electrons. The average molecular weight is 285 g/mol. The highest BCUT2D eigenvalue weighted by Gasteiger charge is 2.48. The molecule has 0 bridgehead atoms. The Morgan fingerprint density at radius 1 is 1.10 bits per heavy atom. The van der Waals surface area contributed by atoms with Crippen molar-refractivity contribution in [3.8, 4) is 0 Å². The molecular formula is C17H35NO2. The van der Waals surface area contributed by atoms with Gasteiger partial charge in [-0.05, 0) is 24.7 Å². The standard InChI is InChI=1S/C17H35NO2/c1-13(2)7-9-19-10-8-18-15-11-16(17(15,5)6)20-12-14(3)4/h13-16,18H,7-12H2,1-6H3. The first-order valence-electron chi connectivity index (χ1n) is 8.26. The summed E-state index contributed by atoms with van der Waals surface area (Å²) in [7, 11) is 0. The van der Waals surface area contributed by atoms with E-state index in [0.29, 0.717) is 18.1 Å². The fourth-order valence-electron chi connectivity index (χ4n) is 2.55. The molecule has 0 aromatic rings. The second kappa shape index (κ2) is 8.35. The summed E-state index contributed by atoms with van der Waals surface area (Å²) in [6.45, 7) is 17.0. The van der Waals surface area contributed by atoms with E-state index in [2.05, 4.69) is 46.9 Å². The summed E-state index contributed by atoms with van der Waals surface area (Å²) in [5.74, 6) is 1.35. The number of rotatable bonds is 10. The minimum absolute atomic E-state index is 0.243. The van der Waals surface area contributed by atoms with E-state index in [-0.39, 0.29) is 5.41 Å². The lowest BCUT2D eigenvalue weighted by Crippen LogP contribution is -2.61. The Hall–Kier alpha value is -0.120. The van der Waals surface area contributed by atoms with Gasteiger partial charge in [-0.2, -0.15) is 0 Å². The summed E-state index contributed by atoms with van der Waals surface area (Å²) in [5, 5.41) is 3.61. The molecule has 0 radical (unpaired) electrons. The van der Waals surface area contributed by atoms with Crippen molar-refractivity contribution in [1.82, 2.24) is 5.32 Å². The summed E-state index contributed by atoms with van der Waals surface area (Å²) in [6, 6.07) is 0.563. The van der Waals surface area contributed by atoms with E-state index in [1.165, 1.54) is 0 Å². The van der Waals surface area contributed by atoms with Gasteiger partial charge in [-0.1, -0.05) is 41.5 Å². The predicted molar refractivity (Wildman–Crippen MR) is 85.0 cm³/mol. The largest absolute Gasteiger partial charge is 0.380 e. The molecule has 2 unspecified atom stereocenters. The molecule has 0 saturated heterocycles. The summed E-state index contributed by atoms with van der Waals surface area (Å²) in [4.78, 5) is 0. The van der Waals surface area contributed by atoms with Crippen molar-refractivity contribution in [2.45, 2.75) is 66.5 Å². The molecule has 0 amide bonds. The first kappa shape index (κ1) is 17.9. The average Bonchev–Trinajstić information content (AvgIpc) is 2.34. The van der Waals surface area contributed by atoms with Crippen LogP contribution in [0.4, 0.5) is 0 Å². The third-order valence-corrected chi connectivity index (χ3v) is 4.29. The van der Waals surface area contributed by atoms with E-state index in [1.54, 1.807) is 0 Å². The van der Waals surface area contributed by atoms with Crippen molar-refractivity contribution < 1.29 is 9.47 Å². The van der Waals surface area contributed by atoms with E-state index >= 15 is 0 Å². The van der Waals surface area contributed by atoms with Crippen LogP contribution >= 0.6 is 0 Å². The quantitative estimate of drug-likeness (QED) is 0.623. The Balaban J connectivity index is 2.08. The zero-order valence-electron chi connectivity index (χ0n) is 14.4. The fourth-order valence-corrected chi connectivity index (χ4v) is 2.55. The molecule has 0 heterocycles. The first-order chi connectivity index (χ1) is 9.34. The normalized spacial score (nSPS) is 25.2. The van der Waals surface area contributed by atoms with Crippen LogP contribution in [0.3, 0.4) is 0 Å². The van der Waals surface area contributed by atoms with E-state index in [9.17, 15) is 0 Å². The first-order valence-corrected chi connectivity index (χ1v) is 8.26. The van der Waals surface area contributed by atoms with Gasteiger partial charge in [0.1, 0.15) is 0 Å². The molecule has 0 aliphatic heterocycles. The topological polar surface area (TPSA) is 30.5 Å². The molecular weight excluding hydrogens is 250 g/mol. The third-order valence-electron chi connectivity index (χ3n) is 4.29. The van der Waals surface area contributed by atoms with Crippen molar-refractivity contribution in [3.05, 3.63) is 0 Å². The molecule has 0 aromatic carbocycles. The Morgan fingerprint density at radius 3 is 2.35 bits per heavy atom. The van der Waals surface area contributed by atoms with Gasteiger partial charge in [0, 0.05) is 31.2 Å². The smallest absolute Gasteiger partial charge is 0.0656 e. The second-order valence-electron chi connectivity index (χ2n) is 7.57. The van der Waals surface area contributed by atoms with Crippen LogP contribution in [0.25, 0.3) is 0 Å². The molecule has 1 aliphatic rings. The Labute approximate surface area is 125 Å². The zero-order chi connectivity index (χ0) is 15.2. The molecule has 0 spiro atoms. The van der Waals surface area contributed by atoms with Crippen LogP contribution in [0.2, 0.25) is 0 Å². The molecule has 2 atom stereocenters. The van der Waals surface area contributed by atoms with Crippen LogP contribution < -0.4 is 5.32 Å². The van der Waals surface area contributed by atoms with E-state index < -0.39 is 0 Å². The van der Waals surface area contributed by atoms with E-state index in [4.69, 9.17) is 9.47 Å². The van der Waals surface area contributed by atoms with Gasteiger partial charge < -0.3 is 14.8 Å². The number of nitrogens with one attached hydrogen (secondary N) is 1. The Bertz CT molecular complexity index is 264. The van der Waals surface area contributed by atoms with Gasteiger partial charge >= 0.3 is 0 Å². The monoisotopic (exact) mass is 285 g/mol. The highest BCUT2D eigenvalue weighted by Crippen LogP contribution is 2.42. The van der Waals surface area contributed by atoms with Crippen molar-refractivity contribution >= 4 is 0 Å². The minimum Gasteiger partial charge on any atom is -0.380 e. The molecule has 1 rings (SSSR count). The molecule has 3 nitrogen and oxygen atoms in total. The van der Waals surface area contributed by atoms with Crippen LogP contribution in [0, 0.1) is 17.3 Å². The van der Waals surface area contributed by atoms with Gasteiger partial charge in [0.25, 0.3) is 0 Å². The molecule has 1 N–H and O–H groups in total. The van der Waals surface area contributed by atoms with Crippen LogP contribution in [-0.4, -0.2) is 38.5 Å². The van der Waals surface area contributed by atoms with Gasteiger partial charge in [-0.3, -0.25) is 0 Å². The molecule has 20 heavy (non-hydrogen) atoms. The van der Waals surface area contributed by atoms with Gasteiger partial charge in [0.2, 0.25) is 0 Å². The predicted octanol–water partition coefficient (Wildman–Crippen LogP) is 3.48. The van der Waals surface area contributed by atoms with Gasteiger partial charge in [0.05, 0.1) is 12.7 Å². The van der Waals surface area contributed by atoms with Crippen molar-refractivity contribution in [2.24, 2.45) is 17.3 Å². The zero-order valence-corrected chi connectivity index (χ0v) is 14.4. The van der Waals surface area contributed by atoms with Crippen molar-refractivity contribution in [3.63, 3.8) is 0 Å². The molecule has 1 aliphatic carbocycles. The van der Waals surface area contributed by atoms with Crippen LogP contribution in [0.1, 0.15) is 54.4 Å². The van der Waals surface area contributed by atoms with Gasteiger partial charge in [-0.15, -0.1) is 0 Å². The van der Waals surface area contributed by atoms with E-state index in [1.807, 2.05) is 0 Å². The maximum absolute atomic E-state index is 5.98. The lowest BCUT2D eigenvalue weighted by atomic mass is 9.64. The number of hydrogen-bond donors (Lipinski definition) is 1. The number of hydrogen-bond acceptors (Lipinski definition) is 3. The lowest BCUT2D eigenvalue weighted by Gasteiger charge is -2.52. The minimum atomic E-state index is 0.243. The summed E-state index contributed by atoms with van der Waals surface area (Å²) in [6.07, 6.45) is 2.69. The molecule has 0 aromatic heterocycles. The van der Waals surface area contributed by atoms with E-state index in [0.717, 1.165) is 45.1 Å². The van der Waals surface area contributed by atoms with Gasteiger partial charge in [0.15, 0.2) is 0 Å². The SMILES string of the molecule is CC(C)CCOCCNC1CC(OCC(C)C)C1(C)C. The second-order valence-corrected chi connectivity index (χ2v) is 7.57. The lowest BCUT2D eigenvalue weighted by molar-refractivity contribution is -0.124. The molecule has 3 heteroatoms. The summed E-state index contributed by atoms with van der Waals surface area (Å²) >= 11 is 0. The van der Waals surface area contributed by atoms with Crippen molar-refractivity contribution in [2.75, 3.05) is 26.4 Å². The maximum atomic E-state index is 5.98. The number of ether oxygens (including phenoxy) is 2. The van der Waals surface area contributed by atoms with Crippen LogP contribution in [0.15, 0.2) is 0 Å². The molecule has 1 saturated carbocycles. The van der Waals surface area contributed by atoms with Crippen LogP contribution in [-0.2, 0) is 9.47 Å². The summed E-state index contributed by atoms with van der Waals surface area (Å²) in [5.41, 5.74) is 0.243. The van der Waals surface area contributed by atoms with Crippen molar-refractivity contribution in [1.29, 1.82) is 0 Å². The third kappa shape index (κ3) is 5.71. The highest BCUT2D eigenvalue weighted by atomic mass is 16.5. The van der Waals surface area contributed by atoms with Crippen LogP contribution in [0.5, 0.6) is 0 Å². The van der Waals surface area contributed by atoms with Gasteiger partial charge in [-0.25, -0.2) is 0 Å².